The van der Waals surface area contributed by atoms with E-state index in [1.807, 2.05) is 19.2 Å². The second-order valence-electron chi connectivity index (χ2n) is 6.87. The van der Waals surface area contributed by atoms with Gasteiger partial charge in [0.2, 0.25) is 0 Å². The zero-order valence-electron chi connectivity index (χ0n) is 15.5. The van der Waals surface area contributed by atoms with Crippen LogP contribution in [0.25, 0.3) is 0 Å². The third-order valence-corrected chi connectivity index (χ3v) is 3.79. The Morgan fingerprint density at radius 3 is 2.84 bits per heavy atom. The van der Waals surface area contributed by atoms with Crippen LogP contribution in [0, 0.1) is 5.92 Å². The van der Waals surface area contributed by atoms with Crippen molar-refractivity contribution in [3.05, 3.63) is 42.1 Å². The van der Waals surface area contributed by atoms with Gasteiger partial charge < -0.3 is 20.2 Å². The molecule has 1 unspecified atom stereocenters. The highest BCUT2D eigenvalue weighted by molar-refractivity contribution is 5.79. The van der Waals surface area contributed by atoms with Crippen molar-refractivity contribution in [2.45, 2.75) is 32.8 Å². The predicted octanol–water partition coefficient (Wildman–Crippen LogP) is 1.65. The number of furan rings is 1. The Labute approximate surface area is 149 Å². The normalized spacial score (nSPS) is 14.6. The molecule has 0 amide bonds. The molecule has 0 radical (unpaired) electrons. The fourth-order valence-electron chi connectivity index (χ4n) is 2.26. The molecule has 0 aliphatic heterocycles. The van der Waals surface area contributed by atoms with Gasteiger partial charge in [-0.3, -0.25) is 4.68 Å². The molecule has 0 saturated heterocycles. The standard InChI is InChI=1S/C18H29N5O2/c1-14(2)10-20-17(19-8-7-16-6-5-9-25-16)21-13-18(3,24)15-11-22-23(4)12-15/h5-6,9,11-12,14,24H,7-8,10,13H2,1-4H3,(H2,19,20,21). The summed E-state index contributed by atoms with van der Waals surface area (Å²) in [6.45, 7) is 7.77. The van der Waals surface area contributed by atoms with Gasteiger partial charge in [0.05, 0.1) is 19.0 Å². The molecule has 0 aliphatic rings. The summed E-state index contributed by atoms with van der Waals surface area (Å²) in [6, 6.07) is 3.83. The van der Waals surface area contributed by atoms with Gasteiger partial charge in [-0.2, -0.15) is 5.10 Å². The number of aromatic nitrogens is 2. The predicted molar refractivity (Wildman–Crippen MR) is 98.3 cm³/mol. The third kappa shape index (κ3) is 6.26. The van der Waals surface area contributed by atoms with E-state index in [1.165, 1.54) is 0 Å². The van der Waals surface area contributed by atoms with Crippen molar-refractivity contribution in [1.29, 1.82) is 0 Å². The van der Waals surface area contributed by atoms with Crippen molar-refractivity contribution in [2.24, 2.45) is 18.0 Å². The second kappa shape index (κ2) is 8.71. The van der Waals surface area contributed by atoms with Crippen molar-refractivity contribution in [2.75, 3.05) is 19.6 Å². The maximum Gasteiger partial charge on any atom is 0.191 e. The number of guanidine groups is 1. The van der Waals surface area contributed by atoms with Crippen LogP contribution in [0.1, 0.15) is 32.1 Å². The molecule has 1 atom stereocenters. The molecule has 7 nitrogen and oxygen atoms in total. The molecular weight excluding hydrogens is 318 g/mol. The van der Waals surface area contributed by atoms with Gasteiger partial charge in [-0.05, 0) is 25.0 Å². The van der Waals surface area contributed by atoms with Crippen molar-refractivity contribution < 1.29 is 9.52 Å². The Hall–Kier alpha value is -2.28. The van der Waals surface area contributed by atoms with Crippen molar-refractivity contribution >= 4 is 5.96 Å². The highest BCUT2D eigenvalue weighted by Gasteiger charge is 2.24. The van der Waals surface area contributed by atoms with Crippen LogP contribution < -0.4 is 10.6 Å². The summed E-state index contributed by atoms with van der Waals surface area (Å²) in [5, 5.41) is 21.4. The van der Waals surface area contributed by atoms with E-state index in [1.54, 1.807) is 30.3 Å². The molecule has 25 heavy (non-hydrogen) atoms. The Kier molecular flexibility index (Phi) is 6.64. The van der Waals surface area contributed by atoms with E-state index in [9.17, 15) is 5.11 Å². The molecule has 0 aromatic carbocycles. The van der Waals surface area contributed by atoms with Crippen LogP contribution in [0.2, 0.25) is 0 Å². The van der Waals surface area contributed by atoms with E-state index < -0.39 is 5.60 Å². The van der Waals surface area contributed by atoms with Crippen LogP contribution >= 0.6 is 0 Å². The van der Waals surface area contributed by atoms with Crippen LogP contribution in [0.4, 0.5) is 0 Å². The monoisotopic (exact) mass is 347 g/mol. The Morgan fingerprint density at radius 1 is 1.44 bits per heavy atom. The summed E-state index contributed by atoms with van der Waals surface area (Å²) in [7, 11) is 1.83. The first-order valence-corrected chi connectivity index (χ1v) is 8.63. The minimum absolute atomic E-state index is 0.243. The van der Waals surface area contributed by atoms with Crippen molar-refractivity contribution in [1.82, 2.24) is 20.4 Å². The minimum atomic E-state index is -1.07. The summed E-state index contributed by atoms with van der Waals surface area (Å²) in [5.41, 5.74) is -0.320. The summed E-state index contributed by atoms with van der Waals surface area (Å²) >= 11 is 0. The van der Waals surface area contributed by atoms with Gasteiger partial charge in [-0.15, -0.1) is 0 Å². The zero-order valence-corrected chi connectivity index (χ0v) is 15.5. The number of rotatable bonds is 8. The van der Waals surface area contributed by atoms with Crippen LogP contribution in [0.5, 0.6) is 0 Å². The molecular formula is C18H29N5O2. The molecule has 2 heterocycles. The number of aliphatic hydroxyl groups is 1. The maximum atomic E-state index is 10.7. The van der Waals surface area contributed by atoms with Gasteiger partial charge in [0.1, 0.15) is 11.4 Å². The molecule has 0 fully saturated rings. The molecule has 3 N–H and O–H groups in total. The molecule has 0 aliphatic carbocycles. The fourth-order valence-corrected chi connectivity index (χ4v) is 2.26. The minimum Gasteiger partial charge on any atom is -0.469 e. The smallest absolute Gasteiger partial charge is 0.191 e. The molecule has 2 aromatic heterocycles. The molecule has 7 heteroatoms. The van der Waals surface area contributed by atoms with Crippen molar-refractivity contribution in [3.63, 3.8) is 0 Å². The fraction of sp³-hybridized carbons (Fsp3) is 0.556. The van der Waals surface area contributed by atoms with E-state index >= 15 is 0 Å². The van der Waals surface area contributed by atoms with E-state index in [4.69, 9.17) is 4.42 Å². The maximum absolute atomic E-state index is 10.7. The molecule has 2 rings (SSSR count). The molecule has 0 spiro atoms. The first kappa shape index (κ1) is 19.1. The van der Waals surface area contributed by atoms with Crippen LogP contribution in [0.15, 0.2) is 40.2 Å². The summed E-state index contributed by atoms with van der Waals surface area (Å²) in [4.78, 5) is 4.55. The largest absolute Gasteiger partial charge is 0.469 e. The van der Waals surface area contributed by atoms with Crippen LogP contribution in [-0.2, 0) is 19.1 Å². The molecule has 0 saturated carbocycles. The average molecular weight is 347 g/mol. The lowest BCUT2D eigenvalue weighted by Crippen LogP contribution is -2.41. The van der Waals surface area contributed by atoms with Gasteiger partial charge in [0, 0.05) is 38.3 Å². The first-order chi connectivity index (χ1) is 11.9. The number of nitrogens with one attached hydrogen (secondary N) is 2. The molecule has 138 valence electrons. The molecule has 2 aromatic rings. The topological polar surface area (TPSA) is 87.6 Å². The molecule has 0 bridgehead atoms. The summed E-state index contributed by atoms with van der Waals surface area (Å²) in [5.74, 6) is 2.11. The second-order valence-corrected chi connectivity index (χ2v) is 6.87. The summed E-state index contributed by atoms with van der Waals surface area (Å²) in [6.07, 6.45) is 5.92. The number of hydrogen-bond acceptors (Lipinski definition) is 4. The zero-order chi connectivity index (χ0) is 18.3. The number of aryl methyl sites for hydroxylation is 1. The Balaban J connectivity index is 1.96. The van der Waals surface area contributed by atoms with Gasteiger partial charge in [-0.1, -0.05) is 13.8 Å². The van der Waals surface area contributed by atoms with Crippen molar-refractivity contribution in [3.8, 4) is 0 Å². The number of nitrogens with zero attached hydrogens (tertiary/aromatic N) is 3. The Morgan fingerprint density at radius 2 is 2.24 bits per heavy atom. The third-order valence-electron chi connectivity index (χ3n) is 3.79. The van der Waals surface area contributed by atoms with Gasteiger partial charge in [0.15, 0.2) is 5.96 Å². The van der Waals surface area contributed by atoms with Gasteiger partial charge in [-0.25, -0.2) is 4.99 Å². The summed E-state index contributed by atoms with van der Waals surface area (Å²) < 4.78 is 7.01. The number of aliphatic imine (C=N–C) groups is 1. The van der Waals surface area contributed by atoms with Crippen LogP contribution in [-0.4, -0.2) is 40.5 Å². The van der Waals surface area contributed by atoms with Gasteiger partial charge in [0.25, 0.3) is 0 Å². The first-order valence-electron chi connectivity index (χ1n) is 8.63. The lowest BCUT2D eigenvalue weighted by atomic mass is 10.0. The van der Waals surface area contributed by atoms with E-state index in [-0.39, 0.29) is 6.54 Å². The number of hydrogen-bond donors (Lipinski definition) is 3. The van der Waals surface area contributed by atoms with Gasteiger partial charge >= 0.3 is 0 Å². The lowest BCUT2D eigenvalue weighted by molar-refractivity contribution is 0.0671. The average Bonchev–Trinajstić information content (AvgIpc) is 3.21. The SMILES string of the molecule is CC(C)CNC(=NCC(C)(O)c1cnn(C)c1)NCCc1ccco1. The highest BCUT2D eigenvalue weighted by atomic mass is 16.3. The van der Waals surface area contributed by atoms with E-state index in [0.29, 0.717) is 18.4 Å². The quantitative estimate of drug-likeness (QED) is 0.499. The lowest BCUT2D eigenvalue weighted by Gasteiger charge is -2.21. The van der Waals surface area contributed by atoms with E-state index in [2.05, 4.69) is 34.6 Å². The van der Waals surface area contributed by atoms with Crippen LogP contribution in [0.3, 0.4) is 0 Å². The highest BCUT2D eigenvalue weighted by Crippen LogP contribution is 2.19. The van der Waals surface area contributed by atoms with E-state index in [0.717, 1.165) is 24.3 Å². The Bertz CT molecular complexity index is 659.